The van der Waals surface area contributed by atoms with E-state index in [0.717, 1.165) is 0 Å². The second-order valence-corrected chi connectivity index (χ2v) is 3.95. The minimum Gasteiger partial charge on any atom is -0.324 e. The number of pyridine rings is 1. The Morgan fingerprint density at radius 1 is 1.56 bits per heavy atom. The quantitative estimate of drug-likeness (QED) is 0.908. The average molecular weight is 305 g/mol. The van der Waals surface area contributed by atoms with E-state index in [1.54, 1.807) is 6.92 Å². The maximum Gasteiger partial charge on any atom is 0.384 e. The third kappa shape index (κ3) is 4.97. The van der Waals surface area contributed by atoms with Crippen LogP contribution in [0.3, 0.4) is 0 Å². The maximum absolute atomic E-state index is 12.5. The highest BCUT2D eigenvalue weighted by Gasteiger charge is 2.30. The molecule has 0 spiro atoms. The highest BCUT2D eigenvalue weighted by molar-refractivity contribution is 6.31. The molecule has 1 aromatic rings. The molecule has 1 heterocycles. The van der Waals surface area contributed by atoms with Gasteiger partial charge < -0.3 is 10.5 Å². The fourth-order valence-electron chi connectivity index (χ4n) is 1.05. The molecule has 0 aliphatic carbocycles. The van der Waals surface area contributed by atoms with Crippen molar-refractivity contribution in [2.45, 2.75) is 25.7 Å². The number of hydrogen-bond acceptors (Lipinski definition) is 3. The van der Waals surface area contributed by atoms with Crippen LogP contribution in [0.5, 0.6) is 0 Å². The minimum atomic E-state index is -3.81. The maximum atomic E-state index is 12.5. The Labute approximate surface area is 114 Å². The first-order chi connectivity index (χ1) is 7.85. The zero-order valence-corrected chi connectivity index (χ0v) is 11.1. The number of rotatable bonds is 5. The first-order valence-corrected chi connectivity index (χ1v) is 5.21. The summed E-state index contributed by atoms with van der Waals surface area (Å²) in [5, 5.41) is 0.162. The Kier molecular flexibility index (Phi) is 6.91. The molecule has 0 fully saturated rings. The van der Waals surface area contributed by atoms with Crippen molar-refractivity contribution in [2.24, 2.45) is 5.73 Å². The first kappa shape index (κ1) is 17.4. The van der Waals surface area contributed by atoms with Crippen LogP contribution >= 0.6 is 24.0 Å². The van der Waals surface area contributed by atoms with Crippen LogP contribution in [0.15, 0.2) is 12.3 Å². The van der Waals surface area contributed by atoms with Crippen LogP contribution < -0.4 is 5.73 Å². The Bertz CT molecular complexity index is 391. The second-order valence-electron chi connectivity index (χ2n) is 3.55. The fourth-order valence-corrected chi connectivity index (χ4v) is 1.28. The van der Waals surface area contributed by atoms with Gasteiger partial charge in [0.25, 0.3) is 0 Å². The zero-order valence-electron chi connectivity index (χ0n) is 9.50. The summed E-state index contributed by atoms with van der Waals surface area (Å²) < 4.78 is 40.8. The van der Waals surface area contributed by atoms with E-state index in [0.29, 0.717) is 5.56 Å². The molecular formula is C10H13Cl2F3N2O. The van der Waals surface area contributed by atoms with Crippen LogP contribution in [-0.2, 0) is 11.3 Å². The third-order valence-corrected chi connectivity index (χ3v) is 2.37. The molecule has 0 radical (unpaired) electrons. The molecule has 1 rings (SSSR count). The molecule has 3 nitrogen and oxygen atoms in total. The molecule has 0 bridgehead atoms. The molecule has 1 unspecified atom stereocenters. The zero-order chi connectivity index (χ0) is 13.1. The van der Waals surface area contributed by atoms with Gasteiger partial charge in [0.2, 0.25) is 0 Å². The van der Waals surface area contributed by atoms with Gasteiger partial charge in [0.15, 0.2) is 6.67 Å². The predicted molar refractivity (Wildman–Crippen MR) is 64.8 cm³/mol. The Balaban J connectivity index is 0.00000289. The van der Waals surface area contributed by atoms with Crippen molar-refractivity contribution in [1.29, 1.82) is 0 Å². The number of hydrogen-bond donors (Lipinski definition) is 1. The standard InChI is InChI=1S/C10H12ClF3N2O.ClH/c1-6(15)7-2-8(11)9(16-3-7)4-17-10(13,14)5-12;/h2-3,6H,4-5,15H2,1H3;1H. The number of aromatic nitrogens is 1. The summed E-state index contributed by atoms with van der Waals surface area (Å²) in [5.41, 5.74) is 6.39. The Morgan fingerprint density at radius 3 is 2.61 bits per heavy atom. The molecule has 0 saturated heterocycles. The molecule has 2 N–H and O–H groups in total. The van der Waals surface area contributed by atoms with Gasteiger partial charge in [-0.25, -0.2) is 4.39 Å². The highest BCUT2D eigenvalue weighted by Crippen LogP contribution is 2.23. The number of nitrogens with two attached hydrogens (primary N) is 1. The van der Waals surface area contributed by atoms with E-state index in [1.807, 2.05) is 0 Å². The van der Waals surface area contributed by atoms with Gasteiger partial charge in [-0.2, -0.15) is 8.78 Å². The largest absolute Gasteiger partial charge is 0.384 e. The molecule has 18 heavy (non-hydrogen) atoms. The van der Waals surface area contributed by atoms with Gasteiger partial charge in [-0.05, 0) is 18.6 Å². The van der Waals surface area contributed by atoms with Crippen LogP contribution in [0.2, 0.25) is 5.02 Å². The number of nitrogens with zero attached hydrogens (tertiary/aromatic N) is 1. The van der Waals surface area contributed by atoms with E-state index in [1.165, 1.54) is 12.3 Å². The predicted octanol–water partition coefficient (Wildman–Crippen LogP) is 3.26. The molecule has 0 aliphatic rings. The normalized spacial score (nSPS) is 13.0. The summed E-state index contributed by atoms with van der Waals surface area (Å²) >= 11 is 5.81. The lowest BCUT2D eigenvalue weighted by Crippen LogP contribution is -2.23. The van der Waals surface area contributed by atoms with Crippen LogP contribution in [0.4, 0.5) is 13.2 Å². The summed E-state index contributed by atoms with van der Waals surface area (Å²) in [6.45, 7) is -0.710. The summed E-state index contributed by atoms with van der Waals surface area (Å²) in [7, 11) is 0. The monoisotopic (exact) mass is 304 g/mol. The molecule has 104 valence electrons. The van der Waals surface area contributed by atoms with Gasteiger partial charge >= 0.3 is 6.11 Å². The van der Waals surface area contributed by atoms with Gasteiger partial charge in [0, 0.05) is 12.2 Å². The van der Waals surface area contributed by atoms with Crippen molar-refractivity contribution in [3.8, 4) is 0 Å². The van der Waals surface area contributed by atoms with E-state index in [4.69, 9.17) is 17.3 Å². The van der Waals surface area contributed by atoms with E-state index in [-0.39, 0.29) is 29.2 Å². The van der Waals surface area contributed by atoms with E-state index >= 15 is 0 Å². The number of ether oxygens (including phenoxy) is 1. The van der Waals surface area contributed by atoms with Crippen LogP contribution in [0.1, 0.15) is 24.2 Å². The third-order valence-electron chi connectivity index (χ3n) is 2.04. The van der Waals surface area contributed by atoms with Crippen molar-refractivity contribution < 1.29 is 17.9 Å². The molecule has 0 amide bonds. The molecular weight excluding hydrogens is 292 g/mol. The Hall–Kier alpha value is -0.560. The van der Waals surface area contributed by atoms with Crippen molar-refractivity contribution >= 4 is 24.0 Å². The lowest BCUT2D eigenvalue weighted by Gasteiger charge is -2.14. The molecule has 8 heteroatoms. The van der Waals surface area contributed by atoms with Crippen molar-refractivity contribution in [3.05, 3.63) is 28.5 Å². The SMILES string of the molecule is CC(N)c1cnc(COC(F)(F)CF)c(Cl)c1.Cl. The number of alkyl halides is 3. The van der Waals surface area contributed by atoms with Crippen molar-refractivity contribution in [3.63, 3.8) is 0 Å². The summed E-state index contributed by atoms with van der Waals surface area (Å²) in [6, 6.07) is 1.26. The van der Waals surface area contributed by atoms with Crippen LogP contribution in [-0.4, -0.2) is 17.8 Å². The summed E-state index contributed by atoms with van der Waals surface area (Å²) in [4.78, 5) is 3.84. The van der Waals surface area contributed by atoms with Gasteiger partial charge in [-0.3, -0.25) is 4.98 Å². The Morgan fingerprint density at radius 2 is 2.17 bits per heavy atom. The van der Waals surface area contributed by atoms with Gasteiger partial charge in [0.05, 0.1) is 17.3 Å². The van der Waals surface area contributed by atoms with Crippen molar-refractivity contribution in [2.75, 3.05) is 6.67 Å². The fraction of sp³-hybridized carbons (Fsp3) is 0.500. The second kappa shape index (κ2) is 7.13. The van der Waals surface area contributed by atoms with Crippen LogP contribution in [0, 0.1) is 0 Å². The smallest absolute Gasteiger partial charge is 0.324 e. The van der Waals surface area contributed by atoms with Crippen LogP contribution in [0.25, 0.3) is 0 Å². The van der Waals surface area contributed by atoms with Gasteiger partial charge in [-0.15, -0.1) is 12.4 Å². The van der Waals surface area contributed by atoms with E-state index in [2.05, 4.69) is 9.72 Å². The minimum absolute atomic E-state index is 0. The number of halogens is 5. The van der Waals surface area contributed by atoms with E-state index in [9.17, 15) is 13.2 Å². The molecule has 1 atom stereocenters. The van der Waals surface area contributed by atoms with Crippen molar-refractivity contribution in [1.82, 2.24) is 4.98 Å². The molecule has 0 aromatic carbocycles. The summed E-state index contributed by atoms with van der Waals surface area (Å²) in [5.74, 6) is 0. The molecule has 1 aromatic heterocycles. The van der Waals surface area contributed by atoms with Gasteiger partial charge in [0.1, 0.15) is 0 Å². The average Bonchev–Trinajstić information content (AvgIpc) is 2.27. The molecule has 0 aliphatic heterocycles. The van der Waals surface area contributed by atoms with E-state index < -0.39 is 19.4 Å². The topological polar surface area (TPSA) is 48.1 Å². The van der Waals surface area contributed by atoms with Gasteiger partial charge in [-0.1, -0.05) is 11.6 Å². The highest BCUT2D eigenvalue weighted by atomic mass is 35.5. The lowest BCUT2D eigenvalue weighted by molar-refractivity contribution is -0.253. The first-order valence-electron chi connectivity index (χ1n) is 4.83. The molecule has 0 saturated carbocycles. The summed E-state index contributed by atoms with van der Waals surface area (Å²) in [6.07, 6.45) is -2.40. The lowest BCUT2D eigenvalue weighted by atomic mass is 10.1.